The molecule has 1 aromatic carbocycles. The van der Waals surface area contributed by atoms with Crippen LogP contribution in [0, 0.1) is 16.7 Å². The Morgan fingerprint density at radius 1 is 1.24 bits per heavy atom. The standard InChI is InChI=1S/C31H39N7O3/c1-4-27(39)38-16-15-37(18-23(38)8-13-32)29-24-9-14-36(26-7-5-6-22-10-17-40-28(22)26)19-25(24)33-30(34-29)41-21-31(11-12-31)20-35(2)3/h4-7,23H,1,8-12,14-21H2,2-3H3. The van der Waals surface area contributed by atoms with Crippen molar-refractivity contribution in [2.24, 2.45) is 5.41 Å². The highest BCUT2D eigenvalue weighted by molar-refractivity contribution is 5.87. The Labute approximate surface area is 242 Å². The van der Waals surface area contributed by atoms with Crippen molar-refractivity contribution in [3.05, 3.63) is 47.7 Å². The van der Waals surface area contributed by atoms with Crippen molar-refractivity contribution in [2.75, 3.05) is 69.8 Å². The van der Waals surface area contributed by atoms with Crippen molar-refractivity contribution in [1.29, 1.82) is 5.26 Å². The average molecular weight is 558 g/mol. The molecule has 10 heteroatoms. The van der Waals surface area contributed by atoms with Crippen LogP contribution in [-0.4, -0.2) is 91.7 Å². The van der Waals surface area contributed by atoms with E-state index in [1.165, 1.54) is 11.6 Å². The largest absolute Gasteiger partial charge is 0.491 e. The molecule has 4 aliphatic rings. The molecule has 2 fully saturated rings. The van der Waals surface area contributed by atoms with Gasteiger partial charge in [-0.3, -0.25) is 4.79 Å². The average Bonchev–Trinajstić information content (AvgIpc) is 3.55. The monoisotopic (exact) mass is 557 g/mol. The lowest BCUT2D eigenvalue weighted by Crippen LogP contribution is -2.55. The summed E-state index contributed by atoms with van der Waals surface area (Å²) in [6.07, 6.45) is 5.60. The lowest BCUT2D eigenvalue weighted by molar-refractivity contribution is -0.128. The highest BCUT2D eigenvalue weighted by Gasteiger charge is 2.44. The fourth-order valence-electron chi connectivity index (χ4n) is 6.52. The smallest absolute Gasteiger partial charge is 0.318 e. The van der Waals surface area contributed by atoms with Gasteiger partial charge in [-0.25, -0.2) is 0 Å². The number of aromatic nitrogens is 2. The maximum Gasteiger partial charge on any atom is 0.318 e. The molecule has 10 nitrogen and oxygen atoms in total. The normalized spacial score (nSPS) is 20.6. The van der Waals surface area contributed by atoms with Crippen LogP contribution in [0.1, 0.15) is 36.1 Å². The topological polar surface area (TPSA) is 98.1 Å². The Hall–Kier alpha value is -3.84. The summed E-state index contributed by atoms with van der Waals surface area (Å²) in [5.74, 6) is 1.72. The number of carbonyl (C=O) groups excluding carboxylic acids is 1. The van der Waals surface area contributed by atoms with Gasteiger partial charge in [0, 0.05) is 50.1 Å². The first-order valence-corrected chi connectivity index (χ1v) is 14.6. The van der Waals surface area contributed by atoms with E-state index in [1.807, 2.05) is 0 Å². The van der Waals surface area contributed by atoms with E-state index in [0.717, 1.165) is 73.9 Å². The van der Waals surface area contributed by atoms with Crippen LogP contribution < -0.4 is 19.3 Å². The van der Waals surface area contributed by atoms with Crippen LogP contribution in [0.25, 0.3) is 0 Å². The number of benzene rings is 1. The molecule has 1 saturated carbocycles. The maximum atomic E-state index is 12.5. The van der Waals surface area contributed by atoms with E-state index in [-0.39, 0.29) is 23.8 Å². The number of hydrogen-bond donors (Lipinski definition) is 0. The zero-order chi connectivity index (χ0) is 28.6. The molecule has 0 spiro atoms. The van der Waals surface area contributed by atoms with Crippen LogP contribution in [0.2, 0.25) is 0 Å². The van der Waals surface area contributed by atoms with Crippen LogP contribution in [0.5, 0.6) is 11.8 Å². The summed E-state index contributed by atoms with van der Waals surface area (Å²) in [4.78, 5) is 31.0. The van der Waals surface area contributed by atoms with Crippen molar-refractivity contribution in [3.63, 3.8) is 0 Å². The lowest BCUT2D eigenvalue weighted by atomic mass is 10.0. The first-order valence-electron chi connectivity index (χ1n) is 14.6. The van der Waals surface area contributed by atoms with Crippen molar-refractivity contribution in [3.8, 4) is 17.8 Å². The number of hydrogen-bond acceptors (Lipinski definition) is 9. The summed E-state index contributed by atoms with van der Waals surface area (Å²) in [6, 6.07) is 8.82. The second kappa shape index (κ2) is 11.2. The van der Waals surface area contributed by atoms with Gasteiger partial charge >= 0.3 is 6.01 Å². The van der Waals surface area contributed by atoms with Gasteiger partial charge in [0.15, 0.2) is 0 Å². The van der Waals surface area contributed by atoms with Crippen LogP contribution in [-0.2, 0) is 24.2 Å². The SMILES string of the molecule is C=CC(=O)N1CCN(c2nc(OCC3(CN(C)C)CC3)nc3c2CCN(c2cccc4c2OCC4)C3)CC1CC#N. The molecule has 0 bridgehead atoms. The Kier molecular flexibility index (Phi) is 7.47. The third kappa shape index (κ3) is 5.55. The number of nitrogens with zero attached hydrogens (tertiary/aromatic N) is 7. The first-order chi connectivity index (χ1) is 19.9. The first kappa shape index (κ1) is 27.3. The van der Waals surface area contributed by atoms with Gasteiger partial charge < -0.3 is 29.1 Å². The molecule has 4 heterocycles. The Balaban J connectivity index is 1.31. The van der Waals surface area contributed by atoms with E-state index in [0.29, 0.717) is 38.8 Å². The van der Waals surface area contributed by atoms with E-state index < -0.39 is 0 Å². The summed E-state index contributed by atoms with van der Waals surface area (Å²) < 4.78 is 12.4. The fourth-order valence-corrected chi connectivity index (χ4v) is 6.52. The van der Waals surface area contributed by atoms with Crippen LogP contribution in [0.15, 0.2) is 30.9 Å². The molecular weight excluding hydrogens is 518 g/mol. The van der Waals surface area contributed by atoms with Gasteiger partial charge in [0.05, 0.1) is 49.7 Å². The van der Waals surface area contributed by atoms with Crippen molar-refractivity contribution < 1.29 is 14.3 Å². The predicted molar refractivity (Wildman–Crippen MR) is 156 cm³/mol. The Bertz CT molecular complexity index is 1370. The summed E-state index contributed by atoms with van der Waals surface area (Å²) >= 11 is 0. The van der Waals surface area contributed by atoms with Gasteiger partial charge in [0.1, 0.15) is 11.6 Å². The van der Waals surface area contributed by atoms with Gasteiger partial charge in [0.25, 0.3) is 0 Å². The number of ether oxygens (including phenoxy) is 2. The number of fused-ring (bicyclic) bond motifs is 2. The van der Waals surface area contributed by atoms with Gasteiger partial charge in [-0.2, -0.15) is 15.2 Å². The quantitative estimate of drug-likeness (QED) is 0.431. The Morgan fingerprint density at radius 2 is 2.10 bits per heavy atom. The van der Waals surface area contributed by atoms with Gasteiger partial charge in [0.2, 0.25) is 5.91 Å². The molecule has 216 valence electrons. The number of piperazine rings is 1. The van der Waals surface area contributed by atoms with Crippen LogP contribution in [0.4, 0.5) is 11.5 Å². The molecule has 1 unspecified atom stereocenters. The second-order valence-corrected chi connectivity index (χ2v) is 12.0. The molecule has 0 N–H and O–H groups in total. The molecular formula is C31H39N7O3. The molecule has 1 amide bonds. The van der Waals surface area contributed by atoms with Gasteiger partial charge in [-0.1, -0.05) is 18.7 Å². The summed E-state index contributed by atoms with van der Waals surface area (Å²) in [5.41, 5.74) is 4.61. The zero-order valence-electron chi connectivity index (χ0n) is 24.1. The number of nitriles is 1. The molecule has 1 atom stereocenters. The van der Waals surface area contributed by atoms with Crippen molar-refractivity contribution in [2.45, 2.75) is 44.7 Å². The van der Waals surface area contributed by atoms with E-state index in [1.54, 1.807) is 4.90 Å². The minimum atomic E-state index is -0.229. The second-order valence-electron chi connectivity index (χ2n) is 12.0. The third-order valence-corrected chi connectivity index (χ3v) is 8.74. The lowest BCUT2D eigenvalue weighted by Gasteiger charge is -2.42. The summed E-state index contributed by atoms with van der Waals surface area (Å²) in [7, 11) is 4.20. The molecule has 1 aromatic heterocycles. The zero-order valence-corrected chi connectivity index (χ0v) is 24.1. The minimum Gasteiger partial charge on any atom is -0.491 e. The Morgan fingerprint density at radius 3 is 2.85 bits per heavy atom. The van der Waals surface area contributed by atoms with E-state index in [4.69, 9.17) is 19.4 Å². The van der Waals surface area contributed by atoms with E-state index in [2.05, 4.69) is 59.6 Å². The van der Waals surface area contributed by atoms with E-state index in [9.17, 15) is 10.1 Å². The highest BCUT2D eigenvalue weighted by atomic mass is 16.5. The molecule has 41 heavy (non-hydrogen) atoms. The third-order valence-electron chi connectivity index (χ3n) is 8.74. The highest BCUT2D eigenvalue weighted by Crippen LogP contribution is 2.46. The molecule has 0 radical (unpaired) electrons. The van der Waals surface area contributed by atoms with Crippen LogP contribution in [0.3, 0.4) is 0 Å². The van der Waals surface area contributed by atoms with Gasteiger partial charge in [-0.15, -0.1) is 0 Å². The van der Waals surface area contributed by atoms with Crippen molar-refractivity contribution in [1.82, 2.24) is 19.8 Å². The molecule has 6 rings (SSSR count). The summed E-state index contributed by atoms with van der Waals surface area (Å²) in [6.45, 7) is 9.07. The van der Waals surface area contributed by atoms with Crippen LogP contribution >= 0.6 is 0 Å². The van der Waals surface area contributed by atoms with Gasteiger partial charge in [-0.05, 0) is 51.1 Å². The minimum absolute atomic E-state index is 0.137. The molecule has 3 aliphatic heterocycles. The molecule has 1 aliphatic carbocycles. The fraction of sp³-hybridized carbons (Fsp3) is 0.548. The number of para-hydroxylation sites is 1. The van der Waals surface area contributed by atoms with E-state index >= 15 is 0 Å². The number of rotatable bonds is 9. The number of amides is 1. The maximum absolute atomic E-state index is 12.5. The number of anilines is 2. The predicted octanol–water partition coefficient (Wildman–Crippen LogP) is 2.81. The van der Waals surface area contributed by atoms with Crippen molar-refractivity contribution >= 4 is 17.4 Å². The number of carbonyl (C=O) groups is 1. The molecule has 1 saturated heterocycles. The molecule has 2 aromatic rings. The summed E-state index contributed by atoms with van der Waals surface area (Å²) in [5, 5.41) is 9.51.